The number of nitrogens with one attached hydrogen (secondary N) is 1. The molecule has 2 heterocycles. The van der Waals surface area contributed by atoms with E-state index in [-0.39, 0.29) is 5.91 Å². The van der Waals surface area contributed by atoms with E-state index in [1.165, 1.54) is 0 Å². The Labute approximate surface area is 167 Å². The molecule has 0 fully saturated rings. The molecule has 0 saturated heterocycles. The molecule has 3 rings (SSSR count). The Morgan fingerprint density at radius 2 is 1.93 bits per heavy atom. The van der Waals surface area contributed by atoms with Gasteiger partial charge in [0.2, 0.25) is 0 Å². The lowest BCUT2D eigenvalue weighted by atomic mass is 10.2. The third-order valence-corrected chi connectivity index (χ3v) is 4.59. The number of carbonyl (C=O) groups is 1. The molecule has 1 N–H and O–H groups in total. The maximum Gasteiger partial charge on any atom is 0.252 e. The van der Waals surface area contributed by atoms with Gasteiger partial charge in [-0.2, -0.15) is 5.10 Å². The summed E-state index contributed by atoms with van der Waals surface area (Å²) >= 11 is 3.43. The summed E-state index contributed by atoms with van der Waals surface area (Å²) in [6, 6.07) is 11.6. The van der Waals surface area contributed by atoms with Crippen LogP contribution in [0.3, 0.4) is 0 Å². The first-order valence-corrected chi connectivity index (χ1v) is 9.52. The fourth-order valence-corrected chi connectivity index (χ4v) is 2.85. The lowest BCUT2D eigenvalue weighted by Gasteiger charge is -2.09. The van der Waals surface area contributed by atoms with Crippen molar-refractivity contribution in [3.05, 3.63) is 65.0 Å². The molecule has 1 aromatic carbocycles. The molecule has 0 aliphatic carbocycles. The summed E-state index contributed by atoms with van der Waals surface area (Å²) < 4.78 is 2.82. The Morgan fingerprint density at radius 1 is 1.15 bits per heavy atom. The van der Waals surface area contributed by atoms with Crippen LogP contribution in [0.2, 0.25) is 0 Å². The number of amides is 1. The van der Waals surface area contributed by atoms with Crippen molar-refractivity contribution in [1.29, 1.82) is 0 Å². The van der Waals surface area contributed by atoms with Crippen LogP contribution in [0.25, 0.3) is 16.9 Å². The summed E-state index contributed by atoms with van der Waals surface area (Å²) in [7, 11) is 4.03. The van der Waals surface area contributed by atoms with E-state index in [1.807, 2.05) is 50.6 Å². The average molecular weight is 428 g/mol. The Hall–Kier alpha value is -2.51. The highest BCUT2D eigenvalue weighted by atomic mass is 79.9. The maximum absolute atomic E-state index is 12.2. The van der Waals surface area contributed by atoms with Crippen molar-refractivity contribution in [2.45, 2.75) is 6.42 Å². The van der Waals surface area contributed by atoms with Gasteiger partial charge in [0, 0.05) is 29.0 Å². The van der Waals surface area contributed by atoms with Crippen molar-refractivity contribution in [2.24, 2.45) is 0 Å². The van der Waals surface area contributed by atoms with E-state index in [1.54, 1.807) is 23.1 Å². The third-order valence-electron chi connectivity index (χ3n) is 4.06. The Bertz CT molecular complexity index is 887. The van der Waals surface area contributed by atoms with Gasteiger partial charge in [-0.15, -0.1) is 0 Å². The van der Waals surface area contributed by atoms with E-state index >= 15 is 0 Å². The molecule has 7 heteroatoms. The zero-order chi connectivity index (χ0) is 19.2. The maximum atomic E-state index is 12.2. The Balaban J connectivity index is 1.63. The molecule has 0 unspecified atom stereocenters. The summed E-state index contributed by atoms with van der Waals surface area (Å²) in [5.74, 6) is -0.0987. The van der Waals surface area contributed by atoms with E-state index in [9.17, 15) is 4.79 Å². The fourth-order valence-electron chi connectivity index (χ4n) is 2.59. The average Bonchev–Trinajstić information content (AvgIpc) is 3.16. The third kappa shape index (κ3) is 5.24. The van der Waals surface area contributed by atoms with Crippen molar-refractivity contribution in [1.82, 2.24) is 25.0 Å². The van der Waals surface area contributed by atoms with Crippen LogP contribution in [0, 0.1) is 0 Å². The molecule has 3 aromatic rings. The van der Waals surface area contributed by atoms with E-state index < -0.39 is 0 Å². The molecule has 0 spiro atoms. The van der Waals surface area contributed by atoms with E-state index in [0.717, 1.165) is 34.4 Å². The fraction of sp³-hybridized carbons (Fsp3) is 0.250. The number of halogens is 1. The molecule has 0 aliphatic heterocycles. The van der Waals surface area contributed by atoms with Crippen LogP contribution in [-0.2, 0) is 0 Å². The van der Waals surface area contributed by atoms with Crippen molar-refractivity contribution in [3.63, 3.8) is 0 Å². The second-order valence-electron chi connectivity index (χ2n) is 6.49. The standard InChI is InChI=1S/C20H22BrN5O/c1-25(2)11-3-10-22-20(27)15-4-9-19(23-12-15)16-13-24-26(14-16)18-7-5-17(21)6-8-18/h4-9,12-14H,3,10-11H2,1-2H3,(H,22,27). The second-order valence-corrected chi connectivity index (χ2v) is 7.41. The van der Waals surface area contributed by atoms with Crippen LogP contribution in [0.15, 0.2) is 59.5 Å². The van der Waals surface area contributed by atoms with E-state index in [0.29, 0.717) is 12.1 Å². The van der Waals surface area contributed by atoms with Crippen molar-refractivity contribution in [2.75, 3.05) is 27.2 Å². The molecule has 6 nitrogen and oxygen atoms in total. The molecule has 2 aromatic heterocycles. The number of pyridine rings is 1. The topological polar surface area (TPSA) is 63.1 Å². The summed E-state index contributed by atoms with van der Waals surface area (Å²) in [6.07, 6.45) is 6.21. The minimum Gasteiger partial charge on any atom is -0.352 e. The quantitative estimate of drug-likeness (QED) is 0.587. The van der Waals surface area contributed by atoms with Gasteiger partial charge in [0.25, 0.3) is 5.91 Å². The largest absolute Gasteiger partial charge is 0.352 e. The van der Waals surface area contributed by atoms with Gasteiger partial charge in [-0.05, 0) is 63.5 Å². The summed E-state index contributed by atoms with van der Waals surface area (Å²) in [6.45, 7) is 1.60. The first-order chi connectivity index (χ1) is 13.0. The molecule has 0 bridgehead atoms. The molecule has 0 radical (unpaired) electrons. The molecular weight excluding hydrogens is 406 g/mol. The molecule has 0 aliphatic rings. The van der Waals surface area contributed by atoms with Crippen LogP contribution >= 0.6 is 15.9 Å². The smallest absolute Gasteiger partial charge is 0.252 e. The van der Waals surface area contributed by atoms with Crippen LogP contribution in [0.1, 0.15) is 16.8 Å². The second kappa shape index (κ2) is 8.92. The van der Waals surface area contributed by atoms with Gasteiger partial charge in [0.15, 0.2) is 0 Å². The van der Waals surface area contributed by atoms with Gasteiger partial charge in [-0.25, -0.2) is 4.68 Å². The number of hydrogen-bond acceptors (Lipinski definition) is 4. The highest BCUT2D eigenvalue weighted by Gasteiger charge is 2.08. The predicted molar refractivity (Wildman–Crippen MR) is 110 cm³/mol. The van der Waals surface area contributed by atoms with Gasteiger partial charge in [0.05, 0.1) is 23.1 Å². The number of rotatable bonds is 7. The Kier molecular flexibility index (Phi) is 6.36. The molecule has 0 saturated carbocycles. The first kappa shape index (κ1) is 19.3. The summed E-state index contributed by atoms with van der Waals surface area (Å²) in [5, 5.41) is 7.31. The SMILES string of the molecule is CN(C)CCCNC(=O)c1ccc(-c2cnn(-c3ccc(Br)cc3)c2)nc1. The van der Waals surface area contributed by atoms with Gasteiger partial charge >= 0.3 is 0 Å². The van der Waals surface area contributed by atoms with Gasteiger partial charge in [-0.3, -0.25) is 9.78 Å². The minimum atomic E-state index is -0.0987. The zero-order valence-corrected chi connectivity index (χ0v) is 17.0. The highest BCUT2D eigenvalue weighted by Crippen LogP contribution is 2.19. The summed E-state index contributed by atoms with van der Waals surface area (Å²) in [5.41, 5.74) is 3.21. The molecule has 1 amide bonds. The number of benzene rings is 1. The highest BCUT2D eigenvalue weighted by molar-refractivity contribution is 9.10. The van der Waals surface area contributed by atoms with Crippen LogP contribution in [0.5, 0.6) is 0 Å². The molecule has 0 atom stereocenters. The van der Waals surface area contributed by atoms with Crippen LogP contribution < -0.4 is 5.32 Å². The van der Waals surface area contributed by atoms with Gasteiger partial charge < -0.3 is 10.2 Å². The van der Waals surface area contributed by atoms with Crippen molar-refractivity contribution >= 4 is 21.8 Å². The molecule has 27 heavy (non-hydrogen) atoms. The number of nitrogens with zero attached hydrogens (tertiary/aromatic N) is 4. The van der Waals surface area contributed by atoms with Crippen LogP contribution in [0.4, 0.5) is 0 Å². The summed E-state index contributed by atoms with van der Waals surface area (Å²) in [4.78, 5) is 18.7. The lowest BCUT2D eigenvalue weighted by molar-refractivity contribution is 0.0952. The molecular formula is C20H22BrN5O. The van der Waals surface area contributed by atoms with Crippen molar-refractivity contribution < 1.29 is 4.79 Å². The lowest BCUT2D eigenvalue weighted by Crippen LogP contribution is -2.27. The number of carbonyl (C=O) groups excluding carboxylic acids is 1. The minimum absolute atomic E-state index is 0.0987. The van der Waals surface area contributed by atoms with Crippen molar-refractivity contribution in [3.8, 4) is 16.9 Å². The number of aromatic nitrogens is 3. The van der Waals surface area contributed by atoms with E-state index in [4.69, 9.17) is 0 Å². The normalized spacial score (nSPS) is 11.0. The van der Waals surface area contributed by atoms with Gasteiger partial charge in [-0.1, -0.05) is 15.9 Å². The van der Waals surface area contributed by atoms with E-state index in [2.05, 4.69) is 36.2 Å². The number of hydrogen-bond donors (Lipinski definition) is 1. The first-order valence-electron chi connectivity index (χ1n) is 8.73. The van der Waals surface area contributed by atoms with Crippen LogP contribution in [-0.4, -0.2) is 52.8 Å². The zero-order valence-electron chi connectivity index (χ0n) is 15.4. The molecule has 140 valence electrons. The van der Waals surface area contributed by atoms with Gasteiger partial charge in [0.1, 0.15) is 0 Å². The Morgan fingerprint density at radius 3 is 2.59 bits per heavy atom. The predicted octanol–water partition coefficient (Wildman–Crippen LogP) is 3.38. The monoisotopic (exact) mass is 427 g/mol.